The van der Waals surface area contributed by atoms with E-state index in [1.165, 1.54) is 11.1 Å². The quantitative estimate of drug-likeness (QED) is 0.749. The molecule has 0 atom stereocenters. The van der Waals surface area contributed by atoms with Gasteiger partial charge in [-0.15, -0.1) is 0 Å². The molecule has 20 heavy (non-hydrogen) atoms. The molecule has 0 aliphatic heterocycles. The number of hydrogen-bond acceptors (Lipinski definition) is 2. The fraction of sp³-hybridized carbons (Fsp3) is 0.118. The molecule has 3 heteroatoms. The van der Waals surface area contributed by atoms with Gasteiger partial charge in [0.05, 0.1) is 0 Å². The van der Waals surface area contributed by atoms with Crippen molar-refractivity contribution in [2.75, 3.05) is 5.32 Å². The lowest BCUT2D eigenvalue weighted by Crippen LogP contribution is -2.00. The molecular weight excluding hydrogens is 246 g/mol. The number of rotatable bonds is 3. The van der Waals surface area contributed by atoms with Crippen molar-refractivity contribution in [3.8, 4) is 6.07 Å². The lowest BCUT2D eigenvalue weighted by atomic mass is 10.1. The van der Waals surface area contributed by atoms with E-state index in [-0.39, 0.29) is 0 Å². The van der Waals surface area contributed by atoms with Gasteiger partial charge in [-0.25, -0.2) is 0 Å². The molecule has 0 saturated heterocycles. The zero-order valence-electron chi connectivity index (χ0n) is 11.3. The molecule has 1 heterocycles. The summed E-state index contributed by atoms with van der Waals surface area (Å²) in [6.45, 7) is 2.77. The molecule has 0 aliphatic carbocycles. The average Bonchev–Trinajstić information content (AvgIpc) is 2.84. The van der Waals surface area contributed by atoms with E-state index in [4.69, 9.17) is 0 Å². The van der Waals surface area contributed by atoms with Gasteiger partial charge in [0, 0.05) is 17.4 Å². The van der Waals surface area contributed by atoms with E-state index >= 15 is 0 Å². The van der Waals surface area contributed by atoms with Crippen LogP contribution < -0.4 is 5.32 Å². The number of nitriles is 1. The van der Waals surface area contributed by atoms with Crippen molar-refractivity contribution in [2.45, 2.75) is 13.5 Å². The highest BCUT2D eigenvalue weighted by Gasteiger charge is 2.09. The van der Waals surface area contributed by atoms with Crippen LogP contribution in [-0.4, -0.2) is 4.98 Å². The van der Waals surface area contributed by atoms with Gasteiger partial charge in [0.1, 0.15) is 17.5 Å². The minimum absolute atomic E-state index is 0.674. The van der Waals surface area contributed by atoms with Crippen LogP contribution in [0.2, 0.25) is 0 Å². The molecule has 3 nitrogen and oxygen atoms in total. The van der Waals surface area contributed by atoms with E-state index < -0.39 is 0 Å². The van der Waals surface area contributed by atoms with Crippen molar-refractivity contribution < 1.29 is 0 Å². The maximum Gasteiger partial charge on any atom is 0.122 e. The van der Waals surface area contributed by atoms with Crippen molar-refractivity contribution in [2.24, 2.45) is 0 Å². The van der Waals surface area contributed by atoms with E-state index in [0.717, 1.165) is 16.7 Å². The Kier molecular flexibility index (Phi) is 3.14. The van der Waals surface area contributed by atoms with Gasteiger partial charge < -0.3 is 10.3 Å². The number of nitrogens with one attached hydrogen (secondary N) is 2. The molecule has 2 aromatic carbocycles. The van der Waals surface area contributed by atoms with Crippen LogP contribution >= 0.6 is 0 Å². The number of anilines is 1. The SMILES string of the molecule is Cc1ccc(CNc2[nH]c3ccccc3c2C#N)cc1. The normalized spacial score (nSPS) is 10.4. The van der Waals surface area contributed by atoms with Crippen molar-refractivity contribution in [1.82, 2.24) is 4.98 Å². The van der Waals surface area contributed by atoms with Crippen molar-refractivity contribution in [3.63, 3.8) is 0 Å². The standard InChI is InChI=1S/C17H15N3/c1-12-6-8-13(9-7-12)11-19-17-15(10-18)14-4-2-3-5-16(14)20-17/h2-9,19-20H,11H2,1H3. The number of aryl methyl sites for hydroxylation is 1. The molecule has 0 radical (unpaired) electrons. The van der Waals surface area contributed by atoms with Crippen molar-refractivity contribution in [1.29, 1.82) is 5.26 Å². The number of benzene rings is 2. The van der Waals surface area contributed by atoms with Crippen molar-refractivity contribution in [3.05, 3.63) is 65.2 Å². The molecular formula is C17H15N3. The number of fused-ring (bicyclic) bond motifs is 1. The Balaban J connectivity index is 1.87. The Morgan fingerprint density at radius 2 is 1.85 bits per heavy atom. The second-order valence-electron chi connectivity index (χ2n) is 4.87. The first-order chi connectivity index (χ1) is 9.78. The zero-order chi connectivity index (χ0) is 13.9. The first-order valence-corrected chi connectivity index (χ1v) is 6.58. The van der Waals surface area contributed by atoms with Crippen LogP contribution in [-0.2, 0) is 6.54 Å². The number of aromatic nitrogens is 1. The number of nitrogens with zero attached hydrogens (tertiary/aromatic N) is 1. The molecule has 0 spiro atoms. The molecule has 0 amide bonds. The van der Waals surface area contributed by atoms with E-state index in [9.17, 15) is 5.26 Å². The minimum atomic E-state index is 0.674. The molecule has 3 aromatic rings. The van der Waals surface area contributed by atoms with Gasteiger partial charge in [-0.3, -0.25) is 0 Å². The molecule has 0 fully saturated rings. The largest absolute Gasteiger partial charge is 0.366 e. The Labute approximate surface area is 117 Å². The van der Waals surface area contributed by atoms with Gasteiger partial charge >= 0.3 is 0 Å². The van der Waals surface area contributed by atoms with Crippen LogP contribution in [0.25, 0.3) is 10.9 Å². The van der Waals surface area contributed by atoms with Crippen LogP contribution in [0.4, 0.5) is 5.82 Å². The van der Waals surface area contributed by atoms with Crippen LogP contribution in [0.3, 0.4) is 0 Å². The highest BCUT2D eigenvalue weighted by atomic mass is 15.0. The van der Waals surface area contributed by atoms with Gasteiger partial charge in [-0.1, -0.05) is 48.0 Å². The van der Waals surface area contributed by atoms with E-state index in [1.807, 2.05) is 24.3 Å². The Hall–Kier alpha value is -2.73. The summed E-state index contributed by atoms with van der Waals surface area (Å²) in [7, 11) is 0. The highest BCUT2D eigenvalue weighted by molar-refractivity contribution is 5.91. The molecule has 0 bridgehead atoms. The topological polar surface area (TPSA) is 51.6 Å². The van der Waals surface area contributed by atoms with Gasteiger partial charge in [0.2, 0.25) is 0 Å². The van der Waals surface area contributed by atoms with Crippen molar-refractivity contribution >= 4 is 16.7 Å². The van der Waals surface area contributed by atoms with Gasteiger partial charge in [-0.2, -0.15) is 5.26 Å². The van der Waals surface area contributed by atoms with Crippen LogP contribution in [0.1, 0.15) is 16.7 Å². The van der Waals surface area contributed by atoms with E-state index in [2.05, 4.69) is 47.6 Å². The first kappa shape index (κ1) is 12.3. The van der Waals surface area contributed by atoms with Gasteiger partial charge in [0.15, 0.2) is 0 Å². The predicted octanol–water partition coefficient (Wildman–Crippen LogP) is 3.96. The molecule has 0 aliphatic rings. The zero-order valence-corrected chi connectivity index (χ0v) is 11.3. The smallest absolute Gasteiger partial charge is 0.122 e. The monoisotopic (exact) mass is 261 g/mol. The summed E-state index contributed by atoms with van der Waals surface area (Å²) >= 11 is 0. The second kappa shape index (κ2) is 5.10. The third-order valence-corrected chi connectivity index (χ3v) is 3.41. The maximum absolute atomic E-state index is 9.33. The summed E-state index contributed by atoms with van der Waals surface area (Å²) in [5.41, 5.74) is 4.10. The highest BCUT2D eigenvalue weighted by Crippen LogP contribution is 2.25. The average molecular weight is 261 g/mol. The molecule has 0 unspecified atom stereocenters. The number of aromatic amines is 1. The van der Waals surface area contributed by atoms with Crippen LogP contribution in [0.5, 0.6) is 0 Å². The number of hydrogen-bond donors (Lipinski definition) is 2. The maximum atomic E-state index is 9.33. The molecule has 3 rings (SSSR count). The summed E-state index contributed by atoms with van der Waals surface area (Å²) in [4.78, 5) is 3.26. The Morgan fingerprint density at radius 1 is 1.10 bits per heavy atom. The Morgan fingerprint density at radius 3 is 2.60 bits per heavy atom. The molecule has 98 valence electrons. The van der Waals surface area contributed by atoms with E-state index in [1.54, 1.807) is 0 Å². The summed E-state index contributed by atoms with van der Waals surface area (Å²) in [5, 5.41) is 13.6. The third kappa shape index (κ3) is 2.24. The summed E-state index contributed by atoms with van der Waals surface area (Å²) in [6, 6.07) is 18.5. The molecule has 2 N–H and O–H groups in total. The summed E-state index contributed by atoms with van der Waals surface area (Å²) in [6.07, 6.45) is 0. The van der Waals surface area contributed by atoms with Gasteiger partial charge in [-0.05, 0) is 18.6 Å². The van der Waals surface area contributed by atoms with Crippen LogP contribution in [0, 0.1) is 18.3 Å². The molecule has 0 saturated carbocycles. The van der Waals surface area contributed by atoms with E-state index in [0.29, 0.717) is 12.1 Å². The second-order valence-corrected chi connectivity index (χ2v) is 4.87. The summed E-state index contributed by atoms with van der Waals surface area (Å²) in [5.74, 6) is 0.786. The lowest BCUT2D eigenvalue weighted by Gasteiger charge is -2.05. The molecule has 1 aromatic heterocycles. The lowest BCUT2D eigenvalue weighted by molar-refractivity contribution is 1.12. The van der Waals surface area contributed by atoms with Gasteiger partial charge in [0.25, 0.3) is 0 Å². The van der Waals surface area contributed by atoms with Crippen LogP contribution in [0.15, 0.2) is 48.5 Å². The Bertz CT molecular complexity index is 776. The fourth-order valence-electron chi connectivity index (χ4n) is 2.29. The fourth-order valence-corrected chi connectivity index (χ4v) is 2.29. The minimum Gasteiger partial charge on any atom is -0.366 e. The number of para-hydroxylation sites is 1. The third-order valence-electron chi connectivity index (χ3n) is 3.41. The predicted molar refractivity (Wildman–Crippen MR) is 81.5 cm³/mol. The first-order valence-electron chi connectivity index (χ1n) is 6.58. The number of H-pyrrole nitrogens is 1. The summed E-state index contributed by atoms with van der Waals surface area (Å²) < 4.78 is 0.